The van der Waals surface area contributed by atoms with E-state index < -0.39 is 11.9 Å². The summed E-state index contributed by atoms with van der Waals surface area (Å²) in [5.74, 6) is -0.779. The Bertz CT molecular complexity index is 1100. The van der Waals surface area contributed by atoms with Gasteiger partial charge in [-0.05, 0) is 56.3 Å². The van der Waals surface area contributed by atoms with Crippen LogP contribution in [0.2, 0.25) is 5.02 Å². The van der Waals surface area contributed by atoms with E-state index in [1.54, 1.807) is 17.4 Å². The number of allylic oxidation sites excluding steroid dienone is 3. The minimum absolute atomic E-state index is 0.0491. The predicted molar refractivity (Wildman–Crippen MR) is 130 cm³/mol. The number of ether oxygens (including phenoxy) is 2. The highest BCUT2D eigenvalue weighted by atomic mass is 35.5. The number of nitrogens with one attached hydrogen (secondary N) is 1. The van der Waals surface area contributed by atoms with Gasteiger partial charge in [-0.2, -0.15) is 0 Å². The van der Waals surface area contributed by atoms with Gasteiger partial charge in [-0.3, -0.25) is 4.79 Å². The Morgan fingerprint density at radius 3 is 2.73 bits per heavy atom. The molecule has 1 N–H and O–H groups in total. The number of halogens is 1. The molecule has 33 heavy (non-hydrogen) atoms. The first-order chi connectivity index (χ1) is 15.8. The van der Waals surface area contributed by atoms with E-state index in [-0.39, 0.29) is 24.4 Å². The number of rotatable bonds is 7. The molecule has 1 aromatic carbocycles. The van der Waals surface area contributed by atoms with E-state index in [9.17, 15) is 9.59 Å². The number of carbonyl (C=O) groups is 2. The number of carbonyl (C=O) groups excluding carboxylic acids is 2. The van der Waals surface area contributed by atoms with E-state index in [1.165, 1.54) is 4.88 Å². The van der Waals surface area contributed by atoms with E-state index in [2.05, 4.69) is 11.4 Å². The van der Waals surface area contributed by atoms with Gasteiger partial charge in [0.15, 0.2) is 5.78 Å². The van der Waals surface area contributed by atoms with Crippen LogP contribution in [-0.4, -0.2) is 31.1 Å². The van der Waals surface area contributed by atoms with Crippen LogP contribution in [0.25, 0.3) is 0 Å². The van der Waals surface area contributed by atoms with Gasteiger partial charge in [0.2, 0.25) is 0 Å². The molecule has 1 aliphatic heterocycles. The number of ketones is 1. The first-order valence-corrected chi connectivity index (χ1v) is 12.4. The molecule has 0 bridgehead atoms. The van der Waals surface area contributed by atoms with Crippen LogP contribution in [-0.2, 0) is 19.1 Å². The largest absolute Gasteiger partial charge is 0.460 e. The van der Waals surface area contributed by atoms with Crippen LogP contribution in [0.3, 0.4) is 0 Å². The molecule has 2 heterocycles. The van der Waals surface area contributed by atoms with Crippen LogP contribution in [0, 0.1) is 0 Å². The lowest BCUT2D eigenvalue weighted by molar-refractivity contribution is -0.141. The third kappa shape index (κ3) is 5.24. The van der Waals surface area contributed by atoms with E-state index in [0.29, 0.717) is 34.9 Å². The summed E-state index contributed by atoms with van der Waals surface area (Å²) in [6.45, 7) is 6.19. The van der Waals surface area contributed by atoms with Crippen LogP contribution >= 0.6 is 22.9 Å². The number of dihydropyridines is 1. The highest BCUT2D eigenvalue weighted by Crippen LogP contribution is 2.46. The van der Waals surface area contributed by atoms with Crippen molar-refractivity contribution in [1.29, 1.82) is 0 Å². The molecule has 0 saturated carbocycles. The van der Waals surface area contributed by atoms with Gasteiger partial charge in [-0.25, -0.2) is 4.79 Å². The van der Waals surface area contributed by atoms with Crippen LogP contribution in [0.15, 0.2) is 64.3 Å². The molecule has 2 atom stereocenters. The van der Waals surface area contributed by atoms with Gasteiger partial charge in [0.25, 0.3) is 0 Å². The molecular weight excluding hydrogens is 458 g/mol. The van der Waals surface area contributed by atoms with Gasteiger partial charge in [-0.15, -0.1) is 11.3 Å². The molecule has 0 saturated heterocycles. The molecule has 2 aliphatic rings. The summed E-state index contributed by atoms with van der Waals surface area (Å²) < 4.78 is 11.0. The molecule has 174 valence electrons. The molecule has 0 spiro atoms. The van der Waals surface area contributed by atoms with E-state index in [0.717, 1.165) is 17.7 Å². The Labute approximate surface area is 203 Å². The number of benzene rings is 1. The minimum atomic E-state index is -0.518. The van der Waals surface area contributed by atoms with Crippen LogP contribution in [0.5, 0.6) is 0 Å². The normalized spacial score (nSPS) is 20.7. The zero-order chi connectivity index (χ0) is 23.5. The number of thiophene rings is 1. The summed E-state index contributed by atoms with van der Waals surface area (Å²) >= 11 is 7.97. The van der Waals surface area contributed by atoms with Crippen molar-refractivity contribution in [2.45, 2.75) is 51.6 Å². The van der Waals surface area contributed by atoms with Crippen LogP contribution < -0.4 is 5.32 Å². The standard InChI is InChI=1S/C26H28ClNO4S/c1-15(2)31-9-10-32-26(30)23-16(3)28-20-13-18(22-8-5-11-33-22)14-21(29)25(20)24(23)17-6-4-7-19(27)12-17/h4-8,11-12,15,18,24,28H,9-10,13-14H2,1-3H3/t18-,24-/m1/s1. The lowest BCUT2D eigenvalue weighted by atomic mass is 9.72. The fourth-order valence-electron chi connectivity index (χ4n) is 4.55. The van der Waals surface area contributed by atoms with Gasteiger partial charge < -0.3 is 14.8 Å². The molecule has 1 aromatic heterocycles. The van der Waals surface area contributed by atoms with E-state index >= 15 is 0 Å². The SMILES string of the molecule is CC1=C(C(=O)OCCOC(C)C)[C@@H](c2cccc(Cl)c2)C2=C(C[C@@H](c3cccs3)CC2=O)N1. The summed E-state index contributed by atoms with van der Waals surface area (Å²) in [4.78, 5) is 27.9. The van der Waals surface area contributed by atoms with Crippen molar-refractivity contribution in [1.82, 2.24) is 5.32 Å². The van der Waals surface area contributed by atoms with Crippen molar-refractivity contribution in [3.05, 3.63) is 79.8 Å². The van der Waals surface area contributed by atoms with Gasteiger partial charge in [0.05, 0.1) is 18.3 Å². The van der Waals surface area contributed by atoms with Gasteiger partial charge in [0, 0.05) is 45.1 Å². The average molecular weight is 486 g/mol. The molecular formula is C26H28ClNO4S. The quantitative estimate of drug-likeness (QED) is 0.400. The maximum atomic E-state index is 13.5. The van der Waals surface area contributed by atoms with Crippen molar-refractivity contribution in [2.24, 2.45) is 0 Å². The Morgan fingerprint density at radius 1 is 1.21 bits per heavy atom. The van der Waals surface area contributed by atoms with Gasteiger partial charge in [-0.1, -0.05) is 29.8 Å². The molecule has 0 unspecified atom stereocenters. The lowest BCUT2D eigenvalue weighted by Gasteiger charge is -2.36. The minimum Gasteiger partial charge on any atom is -0.460 e. The summed E-state index contributed by atoms with van der Waals surface area (Å²) in [6.07, 6.45) is 1.20. The highest BCUT2D eigenvalue weighted by Gasteiger charge is 2.41. The summed E-state index contributed by atoms with van der Waals surface area (Å²) in [7, 11) is 0. The first-order valence-electron chi connectivity index (χ1n) is 11.2. The highest BCUT2D eigenvalue weighted by molar-refractivity contribution is 7.10. The number of Topliss-reactive ketones (excluding diaryl/α,β-unsaturated/α-hetero) is 1. The third-order valence-corrected chi connectivity index (χ3v) is 7.21. The van der Waals surface area contributed by atoms with Crippen molar-refractivity contribution in [3.63, 3.8) is 0 Å². The molecule has 7 heteroatoms. The fourth-order valence-corrected chi connectivity index (χ4v) is 5.58. The van der Waals surface area contributed by atoms with E-state index in [4.69, 9.17) is 21.1 Å². The zero-order valence-corrected chi connectivity index (χ0v) is 20.6. The molecule has 0 amide bonds. The second-order valence-electron chi connectivity index (χ2n) is 8.64. The average Bonchev–Trinajstić information content (AvgIpc) is 3.30. The van der Waals surface area contributed by atoms with Gasteiger partial charge >= 0.3 is 5.97 Å². The predicted octanol–water partition coefficient (Wildman–Crippen LogP) is 5.73. The Balaban J connectivity index is 1.68. The molecule has 0 fully saturated rings. The smallest absolute Gasteiger partial charge is 0.336 e. The zero-order valence-electron chi connectivity index (χ0n) is 19.0. The Kier molecular flexibility index (Phi) is 7.37. The number of hydrogen-bond acceptors (Lipinski definition) is 6. The van der Waals surface area contributed by atoms with E-state index in [1.807, 2.05) is 50.4 Å². The summed E-state index contributed by atoms with van der Waals surface area (Å²) in [6, 6.07) is 11.5. The lowest BCUT2D eigenvalue weighted by Crippen LogP contribution is -2.36. The maximum Gasteiger partial charge on any atom is 0.336 e. The molecule has 5 nitrogen and oxygen atoms in total. The fraction of sp³-hybridized carbons (Fsp3) is 0.385. The third-order valence-electron chi connectivity index (χ3n) is 5.94. The number of esters is 1. The monoisotopic (exact) mass is 485 g/mol. The second kappa shape index (κ2) is 10.2. The van der Waals surface area contributed by atoms with Gasteiger partial charge in [0.1, 0.15) is 6.61 Å². The second-order valence-corrected chi connectivity index (χ2v) is 10.1. The van der Waals surface area contributed by atoms with Crippen LogP contribution in [0.4, 0.5) is 0 Å². The molecule has 0 radical (unpaired) electrons. The van der Waals surface area contributed by atoms with Crippen molar-refractivity contribution in [2.75, 3.05) is 13.2 Å². The summed E-state index contributed by atoms with van der Waals surface area (Å²) in [5.41, 5.74) is 3.48. The van der Waals surface area contributed by atoms with Crippen molar-refractivity contribution >= 4 is 34.7 Å². The first kappa shape index (κ1) is 23.7. The topological polar surface area (TPSA) is 64.6 Å². The van der Waals surface area contributed by atoms with Crippen molar-refractivity contribution < 1.29 is 19.1 Å². The molecule has 2 aromatic rings. The number of hydrogen-bond donors (Lipinski definition) is 1. The molecule has 4 rings (SSSR count). The Hall–Kier alpha value is -2.41. The van der Waals surface area contributed by atoms with Crippen LogP contribution in [0.1, 0.15) is 55.9 Å². The molecule has 1 aliphatic carbocycles. The van der Waals surface area contributed by atoms with Crippen molar-refractivity contribution in [3.8, 4) is 0 Å². The summed E-state index contributed by atoms with van der Waals surface area (Å²) in [5, 5.41) is 5.97. The Morgan fingerprint density at radius 2 is 2.03 bits per heavy atom. The maximum absolute atomic E-state index is 13.5.